The lowest BCUT2D eigenvalue weighted by Crippen LogP contribution is -2.42. The molecule has 3 aromatic carbocycles. The van der Waals surface area contributed by atoms with Gasteiger partial charge >= 0.3 is 11.7 Å². The first-order chi connectivity index (χ1) is 19.5. The molecule has 1 heterocycles. The molecule has 4 aromatic rings. The Bertz CT molecular complexity index is 1710. The highest BCUT2D eigenvalue weighted by Gasteiger charge is 2.24. The molecule has 4 rings (SSSR count). The predicted octanol–water partition coefficient (Wildman–Crippen LogP) is 4.26. The van der Waals surface area contributed by atoms with Crippen LogP contribution in [-0.2, 0) is 24.8 Å². The molecule has 2 N–H and O–H groups in total. The van der Waals surface area contributed by atoms with Crippen molar-refractivity contribution in [2.45, 2.75) is 32.9 Å². The summed E-state index contributed by atoms with van der Waals surface area (Å²) in [5, 5.41) is 12.8. The number of aromatic nitrogens is 2. The van der Waals surface area contributed by atoms with Crippen LogP contribution in [0, 0.1) is 0 Å². The van der Waals surface area contributed by atoms with Gasteiger partial charge in [-0.15, -0.1) is 0 Å². The van der Waals surface area contributed by atoms with Gasteiger partial charge in [0.1, 0.15) is 6.04 Å². The van der Waals surface area contributed by atoms with E-state index in [2.05, 4.69) is 24.1 Å². The SMILES string of the molecule is CCN(CC)Cc1ccc2c(=O)n(-c3ccc(C[C@H](NC(=O)c4c(Cl)cccc4Cl)C(=O)O)cc3)c(=O)n(C)c2c1. The molecule has 1 amide bonds. The monoisotopic (exact) mass is 596 g/mol. The molecule has 0 saturated carbocycles. The van der Waals surface area contributed by atoms with E-state index in [1.165, 1.54) is 16.7 Å². The van der Waals surface area contributed by atoms with Crippen molar-refractivity contribution in [3.8, 4) is 5.69 Å². The molecule has 9 nitrogen and oxygen atoms in total. The number of carboxylic acids is 1. The molecular weight excluding hydrogens is 567 g/mol. The lowest BCUT2D eigenvalue weighted by molar-refractivity contribution is -0.139. The third-order valence-electron chi connectivity index (χ3n) is 7.06. The summed E-state index contributed by atoms with van der Waals surface area (Å²) >= 11 is 12.2. The van der Waals surface area contributed by atoms with Crippen molar-refractivity contribution < 1.29 is 14.7 Å². The third kappa shape index (κ3) is 6.37. The highest BCUT2D eigenvalue weighted by atomic mass is 35.5. The van der Waals surface area contributed by atoms with Crippen LogP contribution < -0.4 is 16.6 Å². The van der Waals surface area contributed by atoms with Gasteiger partial charge in [0, 0.05) is 20.0 Å². The van der Waals surface area contributed by atoms with E-state index in [-0.39, 0.29) is 22.0 Å². The van der Waals surface area contributed by atoms with Gasteiger partial charge in [-0.3, -0.25) is 19.1 Å². The highest BCUT2D eigenvalue weighted by Crippen LogP contribution is 2.24. The van der Waals surface area contributed by atoms with Gasteiger partial charge in [-0.1, -0.05) is 61.3 Å². The van der Waals surface area contributed by atoms with E-state index in [0.717, 1.165) is 23.2 Å². The fourth-order valence-electron chi connectivity index (χ4n) is 4.69. The number of fused-ring (bicyclic) bond motifs is 1. The Morgan fingerprint density at radius 1 is 0.951 bits per heavy atom. The second-order valence-corrected chi connectivity index (χ2v) is 10.4. The van der Waals surface area contributed by atoms with Gasteiger partial charge in [-0.25, -0.2) is 14.2 Å². The number of halogens is 2. The molecule has 41 heavy (non-hydrogen) atoms. The maximum absolute atomic E-state index is 13.4. The summed E-state index contributed by atoms with van der Waals surface area (Å²) in [5.74, 6) is -1.96. The van der Waals surface area contributed by atoms with Crippen LogP contribution >= 0.6 is 23.2 Å². The van der Waals surface area contributed by atoms with E-state index in [1.54, 1.807) is 43.4 Å². The molecule has 11 heteroatoms. The van der Waals surface area contributed by atoms with Crippen molar-refractivity contribution >= 4 is 46.0 Å². The van der Waals surface area contributed by atoms with Crippen molar-refractivity contribution in [1.82, 2.24) is 19.4 Å². The maximum Gasteiger partial charge on any atom is 0.335 e. The number of nitrogens with one attached hydrogen (secondary N) is 1. The first kappa shape index (κ1) is 30.0. The fourth-order valence-corrected chi connectivity index (χ4v) is 5.26. The van der Waals surface area contributed by atoms with Gasteiger partial charge in [0.25, 0.3) is 11.5 Å². The van der Waals surface area contributed by atoms with Crippen molar-refractivity contribution in [2.75, 3.05) is 13.1 Å². The van der Waals surface area contributed by atoms with E-state index in [0.29, 0.717) is 28.7 Å². The summed E-state index contributed by atoms with van der Waals surface area (Å²) in [6, 6.07) is 15.2. The van der Waals surface area contributed by atoms with Crippen molar-refractivity contribution in [3.63, 3.8) is 0 Å². The molecule has 0 unspecified atom stereocenters. The Kier molecular flexibility index (Phi) is 9.32. The van der Waals surface area contributed by atoms with Crippen LogP contribution in [0.5, 0.6) is 0 Å². The number of benzene rings is 3. The summed E-state index contributed by atoms with van der Waals surface area (Å²) in [6.07, 6.45) is -0.0522. The zero-order valence-corrected chi connectivity index (χ0v) is 24.4. The molecule has 0 spiro atoms. The Labute approximate surface area is 246 Å². The van der Waals surface area contributed by atoms with Crippen LogP contribution in [0.1, 0.15) is 35.3 Å². The molecule has 0 aliphatic rings. The first-order valence-corrected chi connectivity index (χ1v) is 13.8. The first-order valence-electron chi connectivity index (χ1n) is 13.1. The molecule has 0 saturated heterocycles. The van der Waals surface area contributed by atoms with Crippen LogP contribution in [0.15, 0.2) is 70.3 Å². The van der Waals surface area contributed by atoms with E-state index >= 15 is 0 Å². The van der Waals surface area contributed by atoms with Gasteiger partial charge in [0.2, 0.25) is 0 Å². The molecular formula is C30H30Cl2N4O5. The highest BCUT2D eigenvalue weighted by molar-refractivity contribution is 6.39. The van der Waals surface area contributed by atoms with Crippen molar-refractivity contribution in [3.05, 3.63) is 108 Å². The van der Waals surface area contributed by atoms with E-state index in [1.807, 2.05) is 12.1 Å². The second-order valence-electron chi connectivity index (χ2n) is 9.63. The van der Waals surface area contributed by atoms with Crippen LogP contribution in [-0.4, -0.2) is 50.1 Å². The number of carbonyl (C=O) groups is 2. The maximum atomic E-state index is 13.4. The van der Waals surface area contributed by atoms with E-state index in [9.17, 15) is 24.3 Å². The summed E-state index contributed by atoms with van der Waals surface area (Å²) in [5.41, 5.74) is 1.51. The molecule has 1 atom stereocenters. The van der Waals surface area contributed by atoms with Crippen LogP contribution in [0.3, 0.4) is 0 Å². The molecule has 0 aliphatic heterocycles. The zero-order chi connectivity index (χ0) is 29.8. The topological polar surface area (TPSA) is 114 Å². The minimum atomic E-state index is -1.28. The van der Waals surface area contributed by atoms with Crippen LogP contribution in [0.25, 0.3) is 16.6 Å². The number of nitrogens with zero attached hydrogens (tertiary/aromatic N) is 3. The minimum absolute atomic E-state index is 0.0101. The Hall–Kier alpha value is -3.92. The van der Waals surface area contributed by atoms with Gasteiger partial charge in [0.05, 0.1) is 32.2 Å². The minimum Gasteiger partial charge on any atom is -0.480 e. The van der Waals surface area contributed by atoms with E-state index in [4.69, 9.17) is 23.2 Å². The number of carboxylic acid groups (broad SMARTS) is 1. The van der Waals surface area contributed by atoms with Crippen molar-refractivity contribution in [1.29, 1.82) is 0 Å². The van der Waals surface area contributed by atoms with Crippen LogP contribution in [0.4, 0.5) is 0 Å². The number of hydrogen-bond acceptors (Lipinski definition) is 5. The molecule has 0 bridgehead atoms. The number of aliphatic carboxylic acids is 1. The quantitative estimate of drug-likeness (QED) is 0.283. The Morgan fingerprint density at radius 3 is 2.15 bits per heavy atom. The zero-order valence-electron chi connectivity index (χ0n) is 22.9. The molecule has 0 aliphatic carbocycles. The fraction of sp³-hybridized carbons (Fsp3) is 0.267. The molecule has 214 valence electrons. The lowest BCUT2D eigenvalue weighted by Gasteiger charge is -2.19. The molecule has 1 aromatic heterocycles. The molecule has 0 radical (unpaired) electrons. The number of amides is 1. The summed E-state index contributed by atoms with van der Waals surface area (Å²) < 4.78 is 2.54. The smallest absolute Gasteiger partial charge is 0.335 e. The number of aryl methyl sites for hydroxylation is 1. The van der Waals surface area contributed by atoms with E-state index < -0.39 is 29.2 Å². The summed E-state index contributed by atoms with van der Waals surface area (Å²) in [4.78, 5) is 53.6. The summed E-state index contributed by atoms with van der Waals surface area (Å²) in [7, 11) is 1.63. The van der Waals surface area contributed by atoms with Crippen LogP contribution in [0.2, 0.25) is 10.0 Å². The standard InChI is InChI=1S/C30H30Cl2N4O5/c1-4-35(5-2)17-19-11-14-21-25(16-19)34(3)30(41)36(28(21)38)20-12-9-18(10-13-20)15-24(29(39)40)33-27(37)26-22(31)7-6-8-23(26)32/h6-14,16,24H,4-5,15,17H2,1-3H3,(H,33,37)(H,39,40)/t24-/m0/s1. The largest absolute Gasteiger partial charge is 0.480 e. The van der Waals surface area contributed by atoms with Gasteiger partial charge < -0.3 is 10.4 Å². The van der Waals surface area contributed by atoms with Crippen molar-refractivity contribution in [2.24, 2.45) is 7.05 Å². The second kappa shape index (κ2) is 12.7. The average molecular weight is 597 g/mol. The third-order valence-corrected chi connectivity index (χ3v) is 7.69. The lowest BCUT2D eigenvalue weighted by atomic mass is 10.0. The average Bonchev–Trinajstić information content (AvgIpc) is 2.95. The molecule has 0 fully saturated rings. The van der Waals surface area contributed by atoms with Gasteiger partial charge in [0.15, 0.2) is 0 Å². The normalized spacial score (nSPS) is 12.0. The number of hydrogen-bond donors (Lipinski definition) is 2. The van der Waals surface area contributed by atoms with Gasteiger partial charge in [-0.05, 0) is 60.6 Å². The Morgan fingerprint density at radius 2 is 1.56 bits per heavy atom. The Balaban J connectivity index is 1.61. The predicted molar refractivity (Wildman–Crippen MR) is 160 cm³/mol. The number of carbonyl (C=O) groups excluding carboxylic acids is 1. The summed E-state index contributed by atoms with van der Waals surface area (Å²) in [6.45, 7) is 6.66. The van der Waals surface area contributed by atoms with Gasteiger partial charge in [-0.2, -0.15) is 0 Å². The number of rotatable bonds is 10.